The van der Waals surface area contributed by atoms with Crippen LogP contribution in [-0.4, -0.2) is 39.5 Å². The van der Waals surface area contributed by atoms with Crippen molar-refractivity contribution in [3.63, 3.8) is 0 Å². The first kappa shape index (κ1) is 11.6. The normalized spacial score (nSPS) is 22.6. The maximum atomic E-state index is 9.19. The highest BCUT2D eigenvalue weighted by molar-refractivity contribution is 5.15. The number of piperidine rings is 1. The number of aromatic nitrogens is 2. The van der Waals surface area contributed by atoms with Gasteiger partial charge in [-0.05, 0) is 32.2 Å². The van der Waals surface area contributed by atoms with Gasteiger partial charge in [0.1, 0.15) is 0 Å². The first-order valence-electron chi connectivity index (χ1n) is 6.01. The Morgan fingerprint density at radius 1 is 1.56 bits per heavy atom. The van der Waals surface area contributed by atoms with Crippen LogP contribution in [0.1, 0.15) is 24.1 Å². The summed E-state index contributed by atoms with van der Waals surface area (Å²) >= 11 is 0. The van der Waals surface area contributed by atoms with Crippen molar-refractivity contribution in [2.24, 2.45) is 13.0 Å². The predicted octanol–water partition coefficient (Wildman–Crippen LogP) is 0.933. The lowest BCUT2D eigenvalue weighted by Gasteiger charge is -2.31. The largest absolute Gasteiger partial charge is 0.396 e. The van der Waals surface area contributed by atoms with Crippen molar-refractivity contribution in [2.75, 3.05) is 19.7 Å². The molecule has 0 aliphatic carbocycles. The van der Waals surface area contributed by atoms with Crippen LogP contribution in [0, 0.1) is 12.8 Å². The number of rotatable bonds is 3. The summed E-state index contributed by atoms with van der Waals surface area (Å²) in [6.07, 6.45) is 4.46. The molecule has 2 heterocycles. The summed E-state index contributed by atoms with van der Waals surface area (Å²) in [5.74, 6) is 0.464. The zero-order valence-electron chi connectivity index (χ0n) is 10.2. The van der Waals surface area contributed by atoms with Crippen LogP contribution in [0.2, 0.25) is 0 Å². The third kappa shape index (κ3) is 2.62. The van der Waals surface area contributed by atoms with E-state index in [1.165, 1.54) is 18.4 Å². The van der Waals surface area contributed by atoms with Gasteiger partial charge < -0.3 is 5.11 Å². The maximum absolute atomic E-state index is 9.19. The minimum atomic E-state index is 0.322. The Hall–Kier alpha value is -0.870. The number of likely N-dealkylation sites (tertiary alicyclic amines) is 1. The fourth-order valence-corrected chi connectivity index (χ4v) is 2.49. The Morgan fingerprint density at radius 2 is 2.38 bits per heavy atom. The number of aryl methyl sites for hydroxylation is 2. The van der Waals surface area contributed by atoms with E-state index in [1.807, 2.05) is 11.7 Å². The average molecular weight is 223 g/mol. The maximum Gasteiger partial charge on any atom is 0.0638 e. The molecule has 1 aromatic rings. The van der Waals surface area contributed by atoms with E-state index in [1.54, 1.807) is 0 Å². The fraction of sp³-hybridized carbons (Fsp3) is 0.750. The van der Waals surface area contributed by atoms with Gasteiger partial charge in [-0.15, -0.1) is 0 Å². The molecule has 16 heavy (non-hydrogen) atoms. The van der Waals surface area contributed by atoms with Crippen LogP contribution < -0.4 is 0 Å². The van der Waals surface area contributed by atoms with E-state index in [2.05, 4.69) is 23.1 Å². The predicted molar refractivity (Wildman–Crippen MR) is 63.0 cm³/mol. The highest BCUT2D eigenvalue weighted by atomic mass is 16.3. The van der Waals surface area contributed by atoms with Gasteiger partial charge >= 0.3 is 0 Å². The summed E-state index contributed by atoms with van der Waals surface area (Å²) in [5.41, 5.74) is 2.43. The average Bonchev–Trinajstić information content (AvgIpc) is 2.58. The lowest BCUT2D eigenvalue weighted by Crippen LogP contribution is -2.36. The number of aliphatic hydroxyl groups excluding tert-OH is 1. The van der Waals surface area contributed by atoms with Crippen molar-refractivity contribution in [3.8, 4) is 0 Å². The first-order chi connectivity index (χ1) is 7.69. The summed E-state index contributed by atoms with van der Waals surface area (Å²) in [7, 11) is 1.96. The number of hydrogen-bond donors (Lipinski definition) is 1. The van der Waals surface area contributed by atoms with Gasteiger partial charge in [-0.25, -0.2) is 0 Å². The van der Waals surface area contributed by atoms with Gasteiger partial charge in [-0.3, -0.25) is 9.58 Å². The molecule has 4 heteroatoms. The number of aliphatic hydroxyl groups is 1. The molecule has 1 saturated heterocycles. The zero-order valence-corrected chi connectivity index (χ0v) is 10.2. The first-order valence-corrected chi connectivity index (χ1v) is 6.01. The van der Waals surface area contributed by atoms with E-state index < -0.39 is 0 Å². The molecule has 0 spiro atoms. The van der Waals surface area contributed by atoms with Crippen LogP contribution in [0.15, 0.2) is 6.20 Å². The molecule has 0 radical (unpaired) electrons. The Kier molecular flexibility index (Phi) is 3.61. The summed E-state index contributed by atoms with van der Waals surface area (Å²) in [6, 6.07) is 0. The van der Waals surface area contributed by atoms with E-state index >= 15 is 0 Å². The van der Waals surface area contributed by atoms with E-state index in [-0.39, 0.29) is 0 Å². The minimum Gasteiger partial charge on any atom is -0.396 e. The molecule has 0 unspecified atom stereocenters. The molecule has 1 fully saturated rings. The zero-order chi connectivity index (χ0) is 11.5. The SMILES string of the molecule is Cc1nn(C)cc1CN1CCC[C@H](CO)C1. The van der Waals surface area contributed by atoms with Gasteiger partial charge in [0.15, 0.2) is 0 Å². The van der Waals surface area contributed by atoms with Gasteiger partial charge in [-0.1, -0.05) is 0 Å². The molecule has 1 atom stereocenters. The van der Waals surface area contributed by atoms with Crippen LogP contribution in [-0.2, 0) is 13.6 Å². The molecule has 90 valence electrons. The van der Waals surface area contributed by atoms with Crippen LogP contribution in [0.3, 0.4) is 0 Å². The van der Waals surface area contributed by atoms with Crippen molar-refractivity contribution in [3.05, 3.63) is 17.5 Å². The van der Waals surface area contributed by atoms with Gasteiger partial charge in [-0.2, -0.15) is 5.10 Å². The van der Waals surface area contributed by atoms with Crippen molar-refractivity contribution >= 4 is 0 Å². The molecular formula is C12H21N3O. The summed E-state index contributed by atoms with van der Waals surface area (Å²) in [5, 5.41) is 13.5. The molecule has 2 rings (SSSR count). The van der Waals surface area contributed by atoms with E-state index in [0.717, 1.165) is 25.3 Å². The molecule has 4 nitrogen and oxygen atoms in total. The molecule has 0 amide bonds. The van der Waals surface area contributed by atoms with Gasteiger partial charge in [0.25, 0.3) is 0 Å². The lowest BCUT2D eigenvalue weighted by molar-refractivity contribution is 0.116. The summed E-state index contributed by atoms with van der Waals surface area (Å²) < 4.78 is 1.87. The van der Waals surface area contributed by atoms with E-state index in [4.69, 9.17) is 0 Å². The molecule has 1 aliphatic rings. The molecule has 0 bridgehead atoms. The van der Waals surface area contributed by atoms with Crippen LogP contribution >= 0.6 is 0 Å². The number of hydrogen-bond acceptors (Lipinski definition) is 3. The summed E-state index contributed by atoms with van der Waals surface area (Å²) in [4.78, 5) is 2.42. The van der Waals surface area contributed by atoms with Crippen molar-refractivity contribution in [2.45, 2.75) is 26.3 Å². The number of nitrogens with zero attached hydrogens (tertiary/aromatic N) is 3. The Labute approximate surface area is 96.9 Å². The Bertz CT molecular complexity index is 348. The molecule has 0 aromatic carbocycles. The third-order valence-corrected chi connectivity index (χ3v) is 3.37. The second-order valence-corrected chi connectivity index (χ2v) is 4.84. The molecule has 0 saturated carbocycles. The monoisotopic (exact) mass is 223 g/mol. The standard InChI is InChI=1S/C12H21N3O/c1-10-12(7-14(2)13-10)8-15-5-3-4-11(6-15)9-16/h7,11,16H,3-6,8-9H2,1-2H3/t11-/m0/s1. The smallest absolute Gasteiger partial charge is 0.0638 e. The quantitative estimate of drug-likeness (QED) is 0.829. The molecule has 1 aromatic heterocycles. The van der Waals surface area contributed by atoms with Gasteiger partial charge in [0.2, 0.25) is 0 Å². The molecule has 1 aliphatic heterocycles. The van der Waals surface area contributed by atoms with Crippen molar-refractivity contribution < 1.29 is 5.11 Å². The van der Waals surface area contributed by atoms with Crippen molar-refractivity contribution in [1.82, 2.24) is 14.7 Å². The topological polar surface area (TPSA) is 41.3 Å². The highest BCUT2D eigenvalue weighted by Crippen LogP contribution is 2.18. The minimum absolute atomic E-state index is 0.322. The van der Waals surface area contributed by atoms with Crippen LogP contribution in [0.25, 0.3) is 0 Å². The van der Waals surface area contributed by atoms with Crippen LogP contribution in [0.5, 0.6) is 0 Å². The Morgan fingerprint density at radius 3 is 3.00 bits per heavy atom. The van der Waals surface area contributed by atoms with Crippen molar-refractivity contribution in [1.29, 1.82) is 0 Å². The second-order valence-electron chi connectivity index (χ2n) is 4.84. The van der Waals surface area contributed by atoms with E-state index in [9.17, 15) is 5.11 Å². The second kappa shape index (κ2) is 4.97. The third-order valence-electron chi connectivity index (χ3n) is 3.37. The molecule has 1 N–H and O–H groups in total. The fourth-order valence-electron chi connectivity index (χ4n) is 2.49. The highest BCUT2D eigenvalue weighted by Gasteiger charge is 2.20. The van der Waals surface area contributed by atoms with E-state index in [0.29, 0.717) is 12.5 Å². The summed E-state index contributed by atoms with van der Waals surface area (Å²) in [6.45, 7) is 5.51. The lowest BCUT2D eigenvalue weighted by atomic mass is 9.99. The Balaban J connectivity index is 1.96. The molecular weight excluding hydrogens is 202 g/mol. The van der Waals surface area contributed by atoms with Crippen LogP contribution in [0.4, 0.5) is 0 Å². The van der Waals surface area contributed by atoms with Gasteiger partial charge in [0, 0.05) is 38.5 Å². The van der Waals surface area contributed by atoms with Gasteiger partial charge in [0.05, 0.1) is 5.69 Å².